The van der Waals surface area contributed by atoms with Gasteiger partial charge in [-0.1, -0.05) is 0 Å². The largest absolute Gasteiger partial charge is 0.449 e. The smallest absolute Gasteiger partial charge is 0.309 e. The normalized spacial score (nSPS) is 19.4. The molecule has 2 N–H and O–H groups in total. The Morgan fingerprint density at radius 2 is 1.88 bits per heavy atom. The summed E-state index contributed by atoms with van der Waals surface area (Å²) in [6.45, 7) is 4.51. The van der Waals surface area contributed by atoms with Crippen molar-refractivity contribution in [1.82, 2.24) is 9.80 Å². The Bertz CT molecular complexity index is 298. The number of halogens is 3. The Morgan fingerprint density at radius 1 is 1.31 bits per heavy atom. The van der Waals surface area contributed by atoms with Gasteiger partial charge in [-0.25, -0.2) is 0 Å². The van der Waals surface area contributed by atoms with E-state index in [2.05, 4.69) is 0 Å². The third kappa shape index (κ3) is 2.72. The van der Waals surface area contributed by atoms with Crippen molar-refractivity contribution >= 4 is 11.7 Å². The van der Waals surface area contributed by atoms with E-state index < -0.39 is 12.0 Å². The molecule has 1 aliphatic heterocycles. The molecule has 0 atom stereocenters. The lowest BCUT2D eigenvalue weighted by Crippen LogP contribution is -2.56. The maximum atomic E-state index is 12.3. The fourth-order valence-corrected chi connectivity index (χ4v) is 1.56. The van der Waals surface area contributed by atoms with Gasteiger partial charge in [0.25, 0.3) is 0 Å². The van der Waals surface area contributed by atoms with Crippen LogP contribution in [-0.2, 0) is 0 Å². The lowest BCUT2D eigenvalue weighted by atomic mass is 10.2. The van der Waals surface area contributed by atoms with Crippen molar-refractivity contribution in [3.05, 3.63) is 0 Å². The predicted octanol–water partition coefficient (Wildman–Crippen LogP) is 1.53. The second-order valence-corrected chi connectivity index (χ2v) is 4.01. The molecule has 0 aromatic rings. The minimum absolute atomic E-state index is 0.0509. The van der Waals surface area contributed by atoms with Gasteiger partial charge in [0.05, 0.1) is 6.54 Å². The molecule has 0 aliphatic carbocycles. The first kappa shape index (κ1) is 13.0. The third-order valence-electron chi connectivity index (χ3n) is 2.56. The fourth-order valence-electron chi connectivity index (χ4n) is 1.56. The number of amidine groups is 2. The number of rotatable bonds is 1. The quantitative estimate of drug-likeness (QED) is 0.536. The molecule has 0 saturated carbocycles. The van der Waals surface area contributed by atoms with Crippen LogP contribution in [0, 0.1) is 10.8 Å². The molecule has 0 unspecified atom stereocenters. The van der Waals surface area contributed by atoms with Crippen LogP contribution < -0.4 is 0 Å². The van der Waals surface area contributed by atoms with Crippen molar-refractivity contribution in [3.63, 3.8) is 0 Å². The zero-order valence-electron chi connectivity index (χ0n) is 9.23. The summed E-state index contributed by atoms with van der Waals surface area (Å²) in [6.07, 6.45) is -4.67. The maximum absolute atomic E-state index is 12.3. The van der Waals surface area contributed by atoms with Crippen LogP contribution in [0.5, 0.6) is 0 Å². The second kappa shape index (κ2) is 4.40. The highest BCUT2D eigenvalue weighted by Crippen LogP contribution is 2.20. The molecule has 1 saturated heterocycles. The van der Waals surface area contributed by atoms with E-state index in [-0.39, 0.29) is 25.0 Å². The Hall–Kier alpha value is -1.11. The summed E-state index contributed by atoms with van der Waals surface area (Å²) in [7, 11) is 0. The van der Waals surface area contributed by atoms with Gasteiger partial charge in [-0.05, 0) is 13.8 Å². The molecule has 0 bridgehead atoms. The molecule has 7 heteroatoms. The molecule has 0 aromatic carbocycles. The number of piperazine rings is 1. The van der Waals surface area contributed by atoms with Crippen LogP contribution in [0.15, 0.2) is 0 Å². The molecule has 16 heavy (non-hydrogen) atoms. The molecule has 0 spiro atoms. The van der Waals surface area contributed by atoms with Crippen molar-refractivity contribution in [1.29, 1.82) is 10.8 Å². The molecule has 0 radical (unpaired) electrons. The van der Waals surface area contributed by atoms with E-state index in [1.165, 1.54) is 0 Å². The summed E-state index contributed by atoms with van der Waals surface area (Å²) in [6, 6.07) is 0.197. The number of nitrogens with one attached hydrogen (secondary N) is 2. The number of alkyl halides is 3. The molecule has 0 aromatic heterocycles. The lowest BCUT2D eigenvalue weighted by Gasteiger charge is -2.38. The van der Waals surface area contributed by atoms with Crippen LogP contribution in [0.3, 0.4) is 0 Å². The van der Waals surface area contributed by atoms with E-state index >= 15 is 0 Å². The minimum Gasteiger partial charge on any atom is -0.309 e. The molecule has 4 nitrogen and oxygen atoms in total. The van der Waals surface area contributed by atoms with Crippen LogP contribution in [0.4, 0.5) is 13.2 Å². The van der Waals surface area contributed by atoms with Crippen LogP contribution in [0.2, 0.25) is 0 Å². The van der Waals surface area contributed by atoms with E-state index in [4.69, 9.17) is 10.8 Å². The number of hydrogen-bond donors (Lipinski definition) is 2. The highest BCUT2D eigenvalue weighted by molar-refractivity contribution is 6.01. The summed E-state index contributed by atoms with van der Waals surface area (Å²) in [5.41, 5.74) is 0. The van der Waals surface area contributed by atoms with Gasteiger partial charge in [0, 0.05) is 19.1 Å². The molecular weight excluding hydrogens is 221 g/mol. The summed E-state index contributed by atoms with van der Waals surface area (Å²) < 4.78 is 36.9. The summed E-state index contributed by atoms with van der Waals surface area (Å²) >= 11 is 0. The molecule has 1 fully saturated rings. The van der Waals surface area contributed by atoms with Gasteiger partial charge in [0.2, 0.25) is 5.84 Å². The van der Waals surface area contributed by atoms with Gasteiger partial charge >= 0.3 is 6.18 Å². The van der Waals surface area contributed by atoms with Crippen molar-refractivity contribution < 1.29 is 13.2 Å². The van der Waals surface area contributed by atoms with E-state index in [0.717, 1.165) is 4.90 Å². The van der Waals surface area contributed by atoms with E-state index in [0.29, 0.717) is 6.54 Å². The monoisotopic (exact) mass is 236 g/mol. The van der Waals surface area contributed by atoms with Gasteiger partial charge in [0.15, 0.2) is 0 Å². The van der Waals surface area contributed by atoms with E-state index in [1.54, 1.807) is 0 Å². The molecule has 0 amide bonds. The predicted molar refractivity (Wildman–Crippen MR) is 54.9 cm³/mol. The van der Waals surface area contributed by atoms with Gasteiger partial charge < -0.3 is 4.90 Å². The zero-order valence-corrected chi connectivity index (χ0v) is 9.23. The Balaban J connectivity index is 2.68. The lowest BCUT2D eigenvalue weighted by molar-refractivity contribution is -0.0677. The topological polar surface area (TPSA) is 54.2 Å². The average molecular weight is 236 g/mol. The maximum Gasteiger partial charge on any atom is 0.449 e. The first-order chi connectivity index (χ1) is 7.23. The molecule has 1 rings (SSSR count). The van der Waals surface area contributed by atoms with Gasteiger partial charge in [0.1, 0.15) is 5.84 Å². The highest BCUT2D eigenvalue weighted by atomic mass is 19.4. The Kier molecular flexibility index (Phi) is 3.57. The molecule has 1 heterocycles. The summed E-state index contributed by atoms with van der Waals surface area (Å²) in [5.74, 6) is -1.61. The van der Waals surface area contributed by atoms with E-state index in [9.17, 15) is 13.2 Å². The first-order valence-electron chi connectivity index (χ1n) is 4.98. The Morgan fingerprint density at radius 3 is 2.25 bits per heavy atom. The molecule has 92 valence electrons. The van der Waals surface area contributed by atoms with Crippen LogP contribution in [-0.4, -0.2) is 53.3 Å². The number of hydrogen-bond acceptors (Lipinski definition) is 3. The Labute approximate surface area is 92.0 Å². The van der Waals surface area contributed by atoms with Gasteiger partial charge in [-0.15, -0.1) is 0 Å². The third-order valence-corrected chi connectivity index (χ3v) is 2.56. The fraction of sp³-hybridized carbons (Fsp3) is 0.778. The minimum atomic E-state index is -4.67. The van der Waals surface area contributed by atoms with Crippen LogP contribution in [0.1, 0.15) is 13.8 Å². The summed E-state index contributed by atoms with van der Waals surface area (Å²) in [4.78, 5) is 2.63. The molecule has 1 aliphatic rings. The standard InChI is InChI=1S/C9H15F3N4/c1-6(2)15-3-4-16(7(13)5-15)8(14)9(10,11)12/h6,13-14H,3-5H2,1-2H3. The van der Waals surface area contributed by atoms with Crippen LogP contribution in [0.25, 0.3) is 0 Å². The van der Waals surface area contributed by atoms with Gasteiger partial charge in [-0.3, -0.25) is 15.7 Å². The number of nitrogens with zero attached hydrogens (tertiary/aromatic N) is 2. The van der Waals surface area contributed by atoms with Crippen LogP contribution >= 0.6 is 0 Å². The van der Waals surface area contributed by atoms with Crippen molar-refractivity contribution in [2.24, 2.45) is 0 Å². The highest BCUT2D eigenvalue weighted by Gasteiger charge is 2.41. The summed E-state index contributed by atoms with van der Waals surface area (Å²) in [5, 5.41) is 14.5. The second-order valence-electron chi connectivity index (χ2n) is 4.01. The van der Waals surface area contributed by atoms with Crippen molar-refractivity contribution in [2.45, 2.75) is 26.1 Å². The average Bonchev–Trinajstić information content (AvgIpc) is 2.15. The zero-order chi connectivity index (χ0) is 12.5. The SMILES string of the molecule is CC(C)N1CCN(C(=N)C(F)(F)F)C(=N)C1. The van der Waals surface area contributed by atoms with Crippen molar-refractivity contribution in [3.8, 4) is 0 Å². The van der Waals surface area contributed by atoms with Gasteiger partial charge in [-0.2, -0.15) is 13.2 Å². The van der Waals surface area contributed by atoms with Crippen molar-refractivity contribution in [2.75, 3.05) is 19.6 Å². The first-order valence-corrected chi connectivity index (χ1v) is 4.98. The van der Waals surface area contributed by atoms with E-state index in [1.807, 2.05) is 18.7 Å². The molecular formula is C9H15F3N4.